The van der Waals surface area contributed by atoms with Gasteiger partial charge in [0.2, 0.25) is 0 Å². The summed E-state index contributed by atoms with van der Waals surface area (Å²) in [4.78, 5) is 13.5. The first-order valence-corrected chi connectivity index (χ1v) is 6.29. The summed E-state index contributed by atoms with van der Waals surface area (Å²) in [5.41, 5.74) is 5.60. The van der Waals surface area contributed by atoms with Gasteiger partial charge in [0.15, 0.2) is 0 Å². The average Bonchev–Trinajstić information content (AvgIpc) is 2.90. The number of thioether (sulfide) groups is 1. The molecule has 80 valence electrons. The lowest BCUT2D eigenvalue weighted by Gasteiger charge is -2.22. The van der Waals surface area contributed by atoms with Crippen LogP contribution in [0.25, 0.3) is 0 Å². The largest absolute Gasteiger partial charge is 0.338 e. The van der Waals surface area contributed by atoms with Gasteiger partial charge < -0.3 is 16.0 Å². The molecule has 2 rings (SSSR count). The van der Waals surface area contributed by atoms with Gasteiger partial charge in [-0.15, -0.1) is 11.8 Å². The highest BCUT2D eigenvalue weighted by Gasteiger charge is 2.29. The summed E-state index contributed by atoms with van der Waals surface area (Å²) in [5, 5.41) is 2.97. The number of rotatable bonds is 3. The third kappa shape index (κ3) is 2.33. The van der Waals surface area contributed by atoms with Crippen molar-refractivity contribution in [2.45, 2.75) is 18.9 Å². The Kier molecular flexibility index (Phi) is 3.18. The lowest BCUT2D eigenvalue weighted by molar-refractivity contribution is 0.196. The number of carbonyl (C=O) groups is 1. The Labute approximate surface area is 88.6 Å². The molecular formula is C9H17N3OS. The predicted octanol–water partition coefficient (Wildman–Crippen LogP) is 0.440. The summed E-state index contributed by atoms with van der Waals surface area (Å²) >= 11 is 1.78. The molecule has 0 spiro atoms. The van der Waals surface area contributed by atoms with E-state index in [1.807, 2.05) is 4.90 Å². The maximum atomic E-state index is 11.7. The maximum absolute atomic E-state index is 11.7. The van der Waals surface area contributed by atoms with E-state index in [1.165, 1.54) is 12.8 Å². The Hall–Kier alpha value is -0.420. The van der Waals surface area contributed by atoms with Gasteiger partial charge in [0, 0.05) is 18.8 Å². The van der Waals surface area contributed by atoms with Crippen molar-refractivity contribution in [3.63, 3.8) is 0 Å². The minimum atomic E-state index is 0.0670. The number of nitrogens with zero attached hydrogens (tertiary/aromatic N) is 1. The molecule has 1 aliphatic heterocycles. The number of urea groups is 1. The first kappa shape index (κ1) is 10.1. The quantitative estimate of drug-likeness (QED) is 0.718. The van der Waals surface area contributed by atoms with Crippen LogP contribution in [0.5, 0.6) is 0 Å². The first-order chi connectivity index (χ1) is 6.81. The van der Waals surface area contributed by atoms with Crippen molar-refractivity contribution in [3.05, 3.63) is 0 Å². The molecule has 0 aromatic carbocycles. The molecule has 2 fully saturated rings. The van der Waals surface area contributed by atoms with Crippen LogP contribution < -0.4 is 11.1 Å². The molecule has 0 aromatic rings. The van der Waals surface area contributed by atoms with E-state index in [9.17, 15) is 4.79 Å². The molecule has 1 heterocycles. The van der Waals surface area contributed by atoms with Gasteiger partial charge in [0.25, 0.3) is 0 Å². The van der Waals surface area contributed by atoms with E-state index in [-0.39, 0.29) is 12.1 Å². The molecule has 1 aliphatic carbocycles. The second-order valence-corrected chi connectivity index (χ2v) is 4.99. The Morgan fingerprint density at radius 1 is 1.57 bits per heavy atom. The van der Waals surface area contributed by atoms with Gasteiger partial charge in [-0.05, 0) is 18.8 Å². The van der Waals surface area contributed by atoms with E-state index in [0.717, 1.165) is 24.1 Å². The smallest absolute Gasteiger partial charge is 0.318 e. The molecule has 0 radical (unpaired) electrons. The number of hydrogen-bond acceptors (Lipinski definition) is 3. The average molecular weight is 215 g/mol. The predicted molar refractivity (Wildman–Crippen MR) is 58.1 cm³/mol. The fourth-order valence-electron chi connectivity index (χ4n) is 1.56. The fraction of sp³-hybridized carbons (Fsp3) is 0.889. The molecule has 2 aliphatic rings. The summed E-state index contributed by atoms with van der Waals surface area (Å²) in [6.45, 7) is 1.42. The van der Waals surface area contributed by atoms with Gasteiger partial charge >= 0.3 is 6.03 Å². The van der Waals surface area contributed by atoms with Crippen molar-refractivity contribution in [2.24, 2.45) is 11.7 Å². The number of carbonyl (C=O) groups excluding carboxylic acids is 1. The first-order valence-electron chi connectivity index (χ1n) is 5.13. The normalized spacial score (nSPS) is 26.6. The zero-order valence-corrected chi connectivity index (χ0v) is 9.05. The van der Waals surface area contributed by atoms with E-state index in [2.05, 4.69) is 5.32 Å². The second kappa shape index (κ2) is 4.40. The molecule has 1 atom stereocenters. The Morgan fingerprint density at radius 2 is 2.36 bits per heavy atom. The topological polar surface area (TPSA) is 58.4 Å². The zero-order chi connectivity index (χ0) is 9.97. The highest BCUT2D eigenvalue weighted by atomic mass is 32.2. The minimum absolute atomic E-state index is 0.0670. The number of nitrogens with two attached hydrogens (primary N) is 1. The molecule has 0 aromatic heterocycles. The molecule has 14 heavy (non-hydrogen) atoms. The second-order valence-electron chi connectivity index (χ2n) is 3.99. The van der Waals surface area contributed by atoms with Gasteiger partial charge in [-0.25, -0.2) is 4.79 Å². The molecule has 1 saturated heterocycles. The summed E-state index contributed by atoms with van der Waals surface area (Å²) < 4.78 is 0. The summed E-state index contributed by atoms with van der Waals surface area (Å²) in [5.74, 6) is 2.51. The van der Waals surface area contributed by atoms with Crippen LogP contribution in [-0.4, -0.2) is 41.7 Å². The van der Waals surface area contributed by atoms with Crippen LogP contribution in [0.3, 0.4) is 0 Å². The molecule has 4 nitrogen and oxygen atoms in total. The zero-order valence-electron chi connectivity index (χ0n) is 8.24. The molecule has 3 N–H and O–H groups in total. The van der Waals surface area contributed by atoms with Gasteiger partial charge in [-0.1, -0.05) is 0 Å². The van der Waals surface area contributed by atoms with Crippen molar-refractivity contribution in [1.29, 1.82) is 0 Å². The Balaban J connectivity index is 1.76. The molecule has 1 saturated carbocycles. The molecule has 5 heteroatoms. The number of nitrogens with one attached hydrogen (secondary N) is 1. The lowest BCUT2D eigenvalue weighted by Crippen LogP contribution is -2.46. The van der Waals surface area contributed by atoms with Crippen molar-refractivity contribution in [2.75, 3.05) is 24.7 Å². The van der Waals surface area contributed by atoms with Crippen LogP contribution in [0.15, 0.2) is 0 Å². The fourth-order valence-corrected chi connectivity index (χ4v) is 2.78. The summed E-state index contributed by atoms with van der Waals surface area (Å²) in [6, 6.07) is 0.302. The van der Waals surface area contributed by atoms with Crippen molar-refractivity contribution in [1.82, 2.24) is 10.2 Å². The van der Waals surface area contributed by atoms with E-state index in [0.29, 0.717) is 6.54 Å². The number of hydrogen-bond donors (Lipinski definition) is 2. The SMILES string of the molecule is NCC1CSCN1C(=O)NCC1CC1. The lowest BCUT2D eigenvalue weighted by atomic mass is 10.3. The van der Waals surface area contributed by atoms with Crippen LogP contribution in [0, 0.1) is 5.92 Å². The molecule has 0 bridgehead atoms. The number of amides is 2. The van der Waals surface area contributed by atoms with E-state index < -0.39 is 0 Å². The van der Waals surface area contributed by atoms with Gasteiger partial charge in [-0.3, -0.25) is 0 Å². The standard InChI is InChI=1S/C9H17N3OS/c10-3-8-5-14-6-12(8)9(13)11-4-7-1-2-7/h7-8H,1-6,10H2,(H,11,13). The Morgan fingerprint density at radius 3 is 3.00 bits per heavy atom. The molecule has 2 amide bonds. The van der Waals surface area contributed by atoms with E-state index in [4.69, 9.17) is 5.73 Å². The third-order valence-corrected chi connectivity index (χ3v) is 3.83. The maximum Gasteiger partial charge on any atom is 0.318 e. The van der Waals surface area contributed by atoms with Crippen LogP contribution in [0.1, 0.15) is 12.8 Å². The van der Waals surface area contributed by atoms with Crippen molar-refractivity contribution >= 4 is 17.8 Å². The van der Waals surface area contributed by atoms with Gasteiger partial charge in [0.05, 0.1) is 11.9 Å². The van der Waals surface area contributed by atoms with Crippen molar-refractivity contribution < 1.29 is 4.79 Å². The monoisotopic (exact) mass is 215 g/mol. The Bertz CT molecular complexity index is 220. The third-order valence-electron chi connectivity index (χ3n) is 2.75. The van der Waals surface area contributed by atoms with Gasteiger partial charge in [-0.2, -0.15) is 0 Å². The van der Waals surface area contributed by atoms with E-state index in [1.54, 1.807) is 11.8 Å². The summed E-state index contributed by atoms with van der Waals surface area (Å²) in [6.07, 6.45) is 2.55. The van der Waals surface area contributed by atoms with E-state index >= 15 is 0 Å². The van der Waals surface area contributed by atoms with Crippen LogP contribution in [0.2, 0.25) is 0 Å². The van der Waals surface area contributed by atoms with Gasteiger partial charge in [0.1, 0.15) is 0 Å². The van der Waals surface area contributed by atoms with Crippen LogP contribution in [-0.2, 0) is 0 Å². The van der Waals surface area contributed by atoms with Crippen LogP contribution in [0.4, 0.5) is 4.79 Å². The minimum Gasteiger partial charge on any atom is -0.338 e. The highest BCUT2D eigenvalue weighted by Crippen LogP contribution is 2.28. The van der Waals surface area contributed by atoms with Crippen LogP contribution >= 0.6 is 11.8 Å². The highest BCUT2D eigenvalue weighted by molar-refractivity contribution is 7.99. The molecular weight excluding hydrogens is 198 g/mol. The molecule has 1 unspecified atom stereocenters. The van der Waals surface area contributed by atoms with Crippen molar-refractivity contribution in [3.8, 4) is 0 Å². The summed E-state index contributed by atoms with van der Waals surface area (Å²) in [7, 11) is 0.